The SMILES string of the molecule is COc1ccc(COCC(C)N2C[C@@H](C)[C@H](CN3CCCCS3(=O)=O)OCCCCC(C)Oc3ccc(NC(=O)Nc4c(C)noc4C)cc3C2=O)cc1. The number of carbonyl (C=O) groups excluding carboxylic acids is 2. The summed E-state index contributed by atoms with van der Waals surface area (Å²) in [6, 6.07) is 11.7. The van der Waals surface area contributed by atoms with Gasteiger partial charge in [0.2, 0.25) is 10.0 Å². The molecular formula is C39H55N5O9S. The van der Waals surface area contributed by atoms with Crippen LogP contribution in [-0.4, -0.2) is 98.7 Å². The quantitative estimate of drug-likeness (QED) is 0.237. The minimum absolute atomic E-state index is 0.128. The molecule has 0 aliphatic carbocycles. The molecule has 2 N–H and O–H groups in total. The smallest absolute Gasteiger partial charge is 0.323 e. The van der Waals surface area contributed by atoms with E-state index in [9.17, 15) is 18.0 Å². The van der Waals surface area contributed by atoms with Crippen LogP contribution in [0.5, 0.6) is 11.5 Å². The van der Waals surface area contributed by atoms with E-state index in [0.717, 1.165) is 37.0 Å². The molecule has 0 saturated carbocycles. The topological polar surface area (TPSA) is 162 Å². The fourth-order valence-corrected chi connectivity index (χ4v) is 8.32. The van der Waals surface area contributed by atoms with Gasteiger partial charge in [0.1, 0.15) is 22.9 Å². The number of nitrogens with one attached hydrogen (secondary N) is 2. The normalized spacial score (nSPS) is 22.0. The maximum absolute atomic E-state index is 14.9. The zero-order chi connectivity index (χ0) is 38.8. The van der Waals surface area contributed by atoms with Gasteiger partial charge in [-0.15, -0.1) is 0 Å². The molecule has 2 aliphatic heterocycles. The number of carbonyl (C=O) groups is 2. The van der Waals surface area contributed by atoms with Gasteiger partial charge in [-0.25, -0.2) is 13.2 Å². The zero-order valence-corrected chi connectivity index (χ0v) is 33.1. The van der Waals surface area contributed by atoms with Crippen molar-refractivity contribution >= 4 is 33.3 Å². The number of urea groups is 1. The van der Waals surface area contributed by atoms with Crippen molar-refractivity contribution in [3.05, 3.63) is 65.0 Å². The van der Waals surface area contributed by atoms with Crippen molar-refractivity contribution in [3.8, 4) is 11.5 Å². The third-order valence-corrected chi connectivity index (χ3v) is 11.9. The lowest BCUT2D eigenvalue weighted by molar-refractivity contribution is -0.0142. The van der Waals surface area contributed by atoms with E-state index in [1.165, 1.54) is 0 Å². The number of hydrogen-bond acceptors (Lipinski definition) is 10. The maximum Gasteiger partial charge on any atom is 0.323 e. The first-order chi connectivity index (χ1) is 25.8. The molecule has 0 spiro atoms. The molecule has 296 valence electrons. The molecule has 3 heterocycles. The molecule has 2 unspecified atom stereocenters. The molecule has 1 saturated heterocycles. The molecular weight excluding hydrogens is 715 g/mol. The molecule has 2 aromatic carbocycles. The van der Waals surface area contributed by atoms with E-state index >= 15 is 0 Å². The number of anilines is 2. The van der Waals surface area contributed by atoms with Gasteiger partial charge in [-0.05, 0) is 95.7 Å². The second-order valence-corrected chi connectivity index (χ2v) is 16.4. The van der Waals surface area contributed by atoms with Gasteiger partial charge in [0, 0.05) is 37.8 Å². The van der Waals surface area contributed by atoms with Crippen molar-refractivity contribution in [1.29, 1.82) is 0 Å². The number of hydrogen-bond donors (Lipinski definition) is 2. The highest BCUT2D eigenvalue weighted by atomic mass is 32.2. The fourth-order valence-electron chi connectivity index (χ4n) is 6.71. The van der Waals surface area contributed by atoms with E-state index in [2.05, 4.69) is 15.8 Å². The molecule has 4 atom stereocenters. The lowest BCUT2D eigenvalue weighted by Crippen LogP contribution is -2.49. The first-order valence-electron chi connectivity index (χ1n) is 18.8. The lowest BCUT2D eigenvalue weighted by atomic mass is 10.0. The first kappa shape index (κ1) is 41.0. The van der Waals surface area contributed by atoms with Crippen LogP contribution in [0.4, 0.5) is 16.2 Å². The second kappa shape index (κ2) is 18.9. The Morgan fingerprint density at radius 1 is 1.06 bits per heavy atom. The van der Waals surface area contributed by atoms with Gasteiger partial charge in [0.25, 0.3) is 5.91 Å². The Morgan fingerprint density at radius 3 is 2.54 bits per heavy atom. The number of aryl methyl sites for hydroxylation is 2. The van der Waals surface area contributed by atoms with E-state index in [1.54, 1.807) is 48.4 Å². The minimum Gasteiger partial charge on any atom is -0.497 e. The summed E-state index contributed by atoms with van der Waals surface area (Å²) in [6.45, 7) is 11.3. The lowest BCUT2D eigenvalue weighted by Gasteiger charge is -2.37. The van der Waals surface area contributed by atoms with Gasteiger partial charge in [0.05, 0.1) is 49.9 Å². The van der Waals surface area contributed by atoms with Crippen molar-refractivity contribution in [1.82, 2.24) is 14.4 Å². The van der Waals surface area contributed by atoms with Crippen LogP contribution in [0.3, 0.4) is 0 Å². The highest BCUT2D eigenvalue weighted by molar-refractivity contribution is 7.89. The molecule has 0 bridgehead atoms. The number of aromatic nitrogens is 1. The summed E-state index contributed by atoms with van der Waals surface area (Å²) in [5, 5.41) is 9.50. The largest absolute Gasteiger partial charge is 0.497 e. The number of methoxy groups -OCH3 is 1. The second-order valence-electron chi connectivity index (χ2n) is 14.4. The van der Waals surface area contributed by atoms with Gasteiger partial charge in [-0.2, -0.15) is 4.31 Å². The van der Waals surface area contributed by atoms with Crippen LogP contribution < -0.4 is 20.1 Å². The molecule has 14 nitrogen and oxygen atoms in total. The van der Waals surface area contributed by atoms with E-state index in [1.807, 2.05) is 45.0 Å². The molecule has 1 aromatic heterocycles. The van der Waals surface area contributed by atoms with Crippen LogP contribution in [0.15, 0.2) is 47.0 Å². The maximum atomic E-state index is 14.9. The molecule has 54 heavy (non-hydrogen) atoms. The summed E-state index contributed by atoms with van der Waals surface area (Å²) in [7, 11) is -1.78. The van der Waals surface area contributed by atoms with E-state index in [4.69, 9.17) is 23.5 Å². The predicted octanol–water partition coefficient (Wildman–Crippen LogP) is 6.39. The van der Waals surface area contributed by atoms with Crippen LogP contribution >= 0.6 is 0 Å². The first-order valence-corrected chi connectivity index (χ1v) is 20.4. The molecule has 3 amide bonds. The van der Waals surface area contributed by atoms with E-state index < -0.39 is 28.2 Å². The Balaban J connectivity index is 1.44. The van der Waals surface area contributed by atoms with Crippen LogP contribution in [0.25, 0.3) is 0 Å². The van der Waals surface area contributed by atoms with Crippen molar-refractivity contribution in [2.75, 3.05) is 56.3 Å². The van der Waals surface area contributed by atoms with Crippen LogP contribution in [0, 0.1) is 19.8 Å². The summed E-state index contributed by atoms with van der Waals surface area (Å²) in [5.41, 5.74) is 2.63. The van der Waals surface area contributed by atoms with E-state index in [-0.39, 0.29) is 48.9 Å². The average Bonchev–Trinajstić information content (AvgIpc) is 3.45. The van der Waals surface area contributed by atoms with Crippen LogP contribution in [-0.2, 0) is 26.1 Å². The third-order valence-electron chi connectivity index (χ3n) is 9.94. The van der Waals surface area contributed by atoms with Crippen molar-refractivity contribution in [2.45, 2.75) is 91.6 Å². The number of fused-ring (bicyclic) bond motifs is 1. The van der Waals surface area contributed by atoms with E-state index in [0.29, 0.717) is 54.8 Å². The van der Waals surface area contributed by atoms with Gasteiger partial charge >= 0.3 is 6.03 Å². The fraction of sp³-hybridized carbons (Fsp3) is 0.564. The Bertz CT molecular complexity index is 1800. The minimum atomic E-state index is -3.39. The summed E-state index contributed by atoms with van der Waals surface area (Å²) in [5.74, 6) is 1.18. The van der Waals surface area contributed by atoms with Crippen LogP contribution in [0.1, 0.15) is 80.3 Å². The third kappa shape index (κ3) is 11.0. The van der Waals surface area contributed by atoms with Crippen molar-refractivity contribution in [2.24, 2.45) is 5.92 Å². The van der Waals surface area contributed by atoms with Crippen LogP contribution in [0.2, 0.25) is 0 Å². The number of sulfonamides is 1. The molecule has 0 radical (unpaired) electrons. The number of rotatable bonds is 10. The Labute approximate surface area is 318 Å². The average molecular weight is 770 g/mol. The molecule has 3 aromatic rings. The Hall–Kier alpha value is -4.18. The van der Waals surface area contributed by atoms with Gasteiger partial charge in [-0.1, -0.05) is 24.2 Å². The summed E-state index contributed by atoms with van der Waals surface area (Å²) >= 11 is 0. The Morgan fingerprint density at radius 2 is 1.83 bits per heavy atom. The summed E-state index contributed by atoms with van der Waals surface area (Å²) in [6.07, 6.45) is 3.10. The number of nitrogens with zero attached hydrogens (tertiary/aromatic N) is 3. The van der Waals surface area contributed by atoms with Gasteiger partial charge < -0.3 is 39.0 Å². The van der Waals surface area contributed by atoms with Gasteiger partial charge in [0.15, 0.2) is 5.76 Å². The number of amides is 3. The number of ether oxygens (including phenoxy) is 4. The van der Waals surface area contributed by atoms with Gasteiger partial charge in [-0.3, -0.25) is 4.79 Å². The monoisotopic (exact) mass is 769 g/mol. The van der Waals surface area contributed by atoms with Crippen molar-refractivity contribution < 1.29 is 41.5 Å². The molecule has 1 fully saturated rings. The van der Waals surface area contributed by atoms with Crippen molar-refractivity contribution in [3.63, 3.8) is 0 Å². The summed E-state index contributed by atoms with van der Waals surface area (Å²) in [4.78, 5) is 29.7. The summed E-state index contributed by atoms with van der Waals surface area (Å²) < 4.78 is 57.1. The highest BCUT2D eigenvalue weighted by Gasteiger charge is 2.34. The zero-order valence-electron chi connectivity index (χ0n) is 32.3. The molecule has 15 heteroatoms. The number of benzene rings is 2. The standard InChI is InChI=1S/C39H55N5O9S/c1-26-22-44(27(2)24-50-25-31-12-15-33(49-6)16-13-31)38(45)34-21-32(40-39(46)41-37-29(4)42-53-30(37)5)14-17-35(34)52-28(3)11-7-9-19-51-36(26)23-43-18-8-10-20-54(43,47)48/h12-17,21,26-28,36H,7-11,18-20,22-25H2,1-6H3,(H2,40,41,46)/t26-,27?,28?,36+/m1/s1. The molecule has 2 aliphatic rings. The molecule has 5 rings (SSSR count). The predicted molar refractivity (Wildman–Crippen MR) is 206 cm³/mol. The highest BCUT2D eigenvalue weighted by Crippen LogP contribution is 2.30. The Kier molecular flexibility index (Phi) is 14.4.